The molecule has 25 heavy (non-hydrogen) atoms. The molecule has 2 atom stereocenters. The molecule has 2 aliphatic heterocycles. The molecule has 8 heteroatoms. The monoisotopic (exact) mass is 347 g/mol. The van der Waals surface area contributed by atoms with E-state index in [1.165, 1.54) is 0 Å². The highest BCUT2D eigenvalue weighted by molar-refractivity contribution is 6.39. The minimum atomic E-state index is -0.323. The lowest BCUT2D eigenvalue weighted by atomic mass is 10.0. The summed E-state index contributed by atoms with van der Waals surface area (Å²) in [5.74, 6) is 0.167. The maximum absolute atomic E-state index is 12.3. The Kier molecular flexibility index (Phi) is 5.62. The van der Waals surface area contributed by atoms with Gasteiger partial charge in [-0.2, -0.15) is 5.10 Å². The SMILES string of the molecule is O=C1CCC(C(=O)N[C@@H]2CCOC[C@H]2Oc2ccc(CO)cc2)=NN1. The standard InChI is InChI=1S/C17H21N3O5/c21-9-11-1-3-12(4-2-11)25-15-10-24-8-7-13(15)18-17(23)14-5-6-16(22)20-19-14/h1-4,13,15,21H,5-10H2,(H,18,23)(H,20,22)/t13-,15-/m1/s1. The van der Waals surface area contributed by atoms with Gasteiger partial charge in [0.25, 0.3) is 5.91 Å². The second-order valence-electron chi connectivity index (χ2n) is 6.00. The zero-order valence-corrected chi connectivity index (χ0v) is 13.7. The summed E-state index contributed by atoms with van der Waals surface area (Å²) in [6, 6.07) is 6.91. The number of aliphatic hydroxyl groups excluding tert-OH is 1. The summed E-state index contributed by atoms with van der Waals surface area (Å²) in [7, 11) is 0. The van der Waals surface area contributed by atoms with Gasteiger partial charge in [-0.3, -0.25) is 9.59 Å². The van der Waals surface area contributed by atoms with Gasteiger partial charge in [-0.25, -0.2) is 5.43 Å². The third-order valence-corrected chi connectivity index (χ3v) is 4.18. The number of hydrazone groups is 1. The van der Waals surface area contributed by atoms with Crippen molar-refractivity contribution in [3.63, 3.8) is 0 Å². The number of nitrogens with one attached hydrogen (secondary N) is 2. The lowest BCUT2D eigenvalue weighted by molar-refractivity contribution is -0.121. The Balaban J connectivity index is 1.62. The summed E-state index contributed by atoms with van der Waals surface area (Å²) in [6.45, 7) is 0.886. The number of carbonyl (C=O) groups is 2. The summed E-state index contributed by atoms with van der Waals surface area (Å²) < 4.78 is 11.4. The summed E-state index contributed by atoms with van der Waals surface area (Å²) in [5.41, 5.74) is 3.44. The molecule has 0 bridgehead atoms. The number of amides is 2. The number of hydrogen-bond donors (Lipinski definition) is 3. The Labute approximate surface area is 145 Å². The van der Waals surface area contributed by atoms with Crippen LogP contribution in [0, 0.1) is 0 Å². The Morgan fingerprint density at radius 3 is 2.84 bits per heavy atom. The molecule has 8 nitrogen and oxygen atoms in total. The fraction of sp³-hybridized carbons (Fsp3) is 0.471. The predicted octanol–water partition coefficient (Wildman–Crippen LogP) is 0.0974. The van der Waals surface area contributed by atoms with Crippen LogP contribution in [0.1, 0.15) is 24.8 Å². The average Bonchev–Trinajstić information content (AvgIpc) is 2.64. The van der Waals surface area contributed by atoms with Gasteiger partial charge in [0, 0.05) is 19.4 Å². The van der Waals surface area contributed by atoms with Crippen molar-refractivity contribution in [1.82, 2.24) is 10.7 Å². The van der Waals surface area contributed by atoms with Crippen molar-refractivity contribution in [2.45, 2.75) is 38.0 Å². The molecule has 0 spiro atoms. The van der Waals surface area contributed by atoms with Crippen LogP contribution in [0.25, 0.3) is 0 Å². The number of benzene rings is 1. The molecule has 0 aromatic heterocycles. The second-order valence-corrected chi connectivity index (χ2v) is 6.00. The van der Waals surface area contributed by atoms with E-state index in [-0.39, 0.29) is 37.0 Å². The van der Waals surface area contributed by atoms with Gasteiger partial charge >= 0.3 is 0 Å². The van der Waals surface area contributed by atoms with Crippen molar-refractivity contribution in [2.75, 3.05) is 13.2 Å². The predicted molar refractivity (Wildman–Crippen MR) is 89.0 cm³/mol. The van der Waals surface area contributed by atoms with E-state index in [9.17, 15) is 9.59 Å². The highest BCUT2D eigenvalue weighted by atomic mass is 16.5. The molecule has 0 unspecified atom stereocenters. The molecule has 1 aromatic carbocycles. The zero-order valence-electron chi connectivity index (χ0n) is 13.7. The fourth-order valence-electron chi connectivity index (χ4n) is 2.73. The first-order valence-corrected chi connectivity index (χ1v) is 8.26. The first-order chi connectivity index (χ1) is 12.2. The smallest absolute Gasteiger partial charge is 0.267 e. The lowest BCUT2D eigenvalue weighted by Gasteiger charge is -2.32. The maximum Gasteiger partial charge on any atom is 0.267 e. The van der Waals surface area contributed by atoms with Crippen molar-refractivity contribution in [3.05, 3.63) is 29.8 Å². The third-order valence-electron chi connectivity index (χ3n) is 4.18. The Bertz CT molecular complexity index is 659. The minimum absolute atomic E-state index is 0.0237. The van der Waals surface area contributed by atoms with Crippen LogP contribution < -0.4 is 15.5 Å². The minimum Gasteiger partial charge on any atom is -0.486 e. The van der Waals surface area contributed by atoms with Crippen LogP contribution in [0.15, 0.2) is 29.4 Å². The fourth-order valence-corrected chi connectivity index (χ4v) is 2.73. The van der Waals surface area contributed by atoms with Gasteiger partial charge in [-0.1, -0.05) is 12.1 Å². The average molecular weight is 347 g/mol. The number of rotatable bonds is 5. The molecule has 0 aliphatic carbocycles. The van der Waals surface area contributed by atoms with Crippen LogP contribution in [-0.2, 0) is 20.9 Å². The van der Waals surface area contributed by atoms with Crippen molar-refractivity contribution in [2.24, 2.45) is 5.10 Å². The van der Waals surface area contributed by atoms with Gasteiger partial charge in [0.1, 0.15) is 17.6 Å². The van der Waals surface area contributed by atoms with Crippen LogP contribution in [0.4, 0.5) is 0 Å². The van der Waals surface area contributed by atoms with Crippen LogP contribution in [-0.4, -0.2) is 48.0 Å². The molecule has 134 valence electrons. The Morgan fingerprint density at radius 2 is 2.16 bits per heavy atom. The molecule has 1 fully saturated rings. The maximum atomic E-state index is 12.3. The number of aliphatic hydroxyl groups is 1. The van der Waals surface area contributed by atoms with Crippen LogP contribution in [0.2, 0.25) is 0 Å². The molecule has 3 N–H and O–H groups in total. The number of carbonyl (C=O) groups excluding carboxylic acids is 2. The number of hydrogen-bond acceptors (Lipinski definition) is 6. The molecule has 2 aliphatic rings. The molecule has 1 aromatic rings. The second kappa shape index (κ2) is 8.09. The van der Waals surface area contributed by atoms with Crippen molar-refractivity contribution in [1.29, 1.82) is 0 Å². The quantitative estimate of drug-likeness (QED) is 0.700. The summed E-state index contributed by atoms with van der Waals surface area (Å²) in [5, 5.41) is 15.8. The van der Waals surface area contributed by atoms with E-state index in [1.807, 2.05) is 0 Å². The van der Waals surface area contributed by atoms with Gasteiger partial charge in [0.05, 0.1) is 19.3 Å². The Hall–Kier alpha value is -2.45. The van der Waals surface area contributed by atoms with Gasteiger partial charge < -0.3 is 19.9 Å². The van der Waals surface area contributed by atoms with Crippen LogP contribution in [0.3, 0.4) is 0 Å². The van der Waals surface area contributed by atoms with Gasteiger partial charge in [-0.15, -0.1) is 0 Å². The molecule has 0 saturated carbocycles. The normalized spacial score (nSPS) is 23.4. The van der Waals surface area contributed by atoms with E-state index in [0.29, 0.717) is 37.5 Å². The largest absolute Gasteiger partial charge is 0.486 e. The van der Waals surface area contributed by atoms with E-state index in [4.69, 9.17) is 14.6 Å². The van der Waals surface area contributed by atoms with E-state index in [0.717, 1.165) is 5.56 Å². The lowest BCUT2D eigenvalue weighted by Crippen LogP contribution is -2.53. The van der Waals surface area contributed by atoms with E-state index in [2.05, 4.69) is 15.8 Å². The summed E-state index contributed by atoms with van der Waals surface area (Å²) in [6.07, 6.45) is 0.896. The molecule has 3 rings (SSSR count). The van der Waals surface area contributed by atoms with Gasteiger partial charge in [0.15, 0.2) is 0 Å². The summed E-state index contributed by atoms with van der Waals surface area (Å²) >= 11 is 0. The molecule has 2 heterocycles. The zero-order chi connectivity index (χ0) is 17.6. The summed E-state index contributed by atoms with van der Waals surface area (Å²) in [4.78, 5) is 23.5. The van der Waals surface area contributed by atoms with E-state index >= 15 is 0 Å². The highest BCUT2D eigenvalue weighted by Crippen LogP contribution is 2.19. The Morgan fingerprint density at radius 1 is 1.36 bits per heavy atom. The molecule has 2 amide bonds. The van der Waals surface area contributed by atoms with Crippen molar-refractivity contribution in [3.8, 4) is 5.75 Å². The molecule has 0 radical (unpaired) electrons. The van der Waals surface area contributed by atoms with Crippen LogP contribution >= 0.6 is 0 Å². The topological polar surface area (TPSA) is 109 Å². The highest BCUT2D eigenvalue weighted by Gasteiger charge is 2.30. The first-order valence-electron chi connectivity index (χ1n) is 8.26. The number of ether oxygens (including phenoxy) is 2. The van der Waals surface area contributed by atoms with Crippen molar-refractivity contribution >= 4 is 17.5 Å². The number of nitrogens with zero attached hydrogens (tertiary/aromatic N) is 1. The molecular weight excluding hydrogens is 326 g/mol. The van der Waals surface area contributed by atoms with Gasteiger partial charge in [-0.05, 0) is 24.1 Å². The first kappa shape index (κ1) is 17.4. The van der Waals surface area contributed by atoms with Crippen molar-refractivity contribution < 1.29 is 24.2 Å². The van der Waals surface area contributed by atoms with Crippen LogP contribution in [0.5, 0.6) is 5.75 Å². The third kappa shape index (κ3) is 4.55. The molecular formula is C17H21N3O5. The van der Waals surface area contributed by atoms with E-state index in [1.54, 1.807) is 24.3 Å². The van der Waals surface area contributed by atoms with Gasteiger partial charge in [0.2, 0.25) is 5.91 Å². The molecule has 1 saturated heterocycles. The van der Waals surface area contributed by atoms with E-state index < -0.39 is 0 Å².